The highest BCUT2D eigenvalue weighted by Crippen LogP contribution is 2.54. The maximum absolute atomic E-state index is 12.9. The Morgan fingerprint density at radius 2 is 1.64 bits per heavy atom. The van der Waals surface area contributed by atoms with Crippen molar-refractivity contribution in [1.82, 2.24) is 0 Å². The molecular weight excluding hydrogens is 327 g/mol. The quantitative estimate of drug-likeness (QED) is 0.497. The van der Waals surface area contributed by atoms with Crippen LogP contribution >= 0.6 is 19.2 Å². The molecule has 7 heteroatoms. The molecule has 0 fully saturated rings. The SMILES string of the molecule is CCOC(=O)[C@H](Cc1ccc(Cl)cc1)P(=O)(OCC)OCC. The van der Waals surface area contributed by atoms with Gasteiger partial charge in [0.05, 0.1) is 19.8 Å². The molecule has 0 aliphatic heterocycles. The molecule has 1 aromatic rings. The summed E-state index contributed by atoms with van der Waals surface area (Å²) < 4.78 is 28.6. The van der Waals surface area contributed by atoms with Gasteiger partial charge in [0.2, 0.25) is 0 Å². The van der Waals surface area contributed by atoms with Crippen LogP contribution < -0.4 is 0 Å². The zero-order chi connectivity index (χ0) is 16.6. The molecule has 0 heterocycles. The predicted molar refractivity (Wildman–Crippen MR) is 86.4 cm³/mol. The highest BCUT2D eigenvalue weighted by Gasteiger charge is 2.42. The van der Waals surface area contributed by atoms with E-state index in [0.717, 1.165) is 5.56 Å². The molecule has 0 aliphatic carbocycles. The van der Waals surface area contributed by atoms with Crippen molar-refractivity contribution in [2.45, 2.75) is 32.9 Å². The second-order valence-corrected chi connectivity index (χ2v) is 7.13. The minimum atomic E-state index is -3.60. The topological polar surface area (TPSA) is 61.8 Å². The molecule has 124 valence electrons. The molecule has 0 aromatic heterocycles. The van der Waals surface area contributed by atoms with Crippen molar-refractivity contribution in [3.8, 4) is 0 Å². The van der Waals surface area contributed by atoms with E-state index in [1.165, 1.54) is 0 Å². The second-order valence-electron chi connectivity index (χ2n) is 4.47. The maximum atomic E-state index is 12.9. The van der Waals surface area contributed by atoms with Gasteiger partial charge in [0.15, 0.2) is 5.66 Å². The molecule has 0 N–H and O–H groups in total. The summed E-state index contributed by atoms with van der Waals surface area (Å²) in [5, 5.41) is 0.592. The van der Waals surface area contributed by atoms with Crippen LogP contribution in [0.3, 0.4) is 0 Å². The Morgan fingerprint density at radius 1 is 1.09 bits per heavy atom. The molecule has 22 heavy (non-hydrogen) atoms. The van der Waals surface area contributed by atoms with Gasteiger partial charge >= 0.3 is 13.6 Å². The minimum Gasteiger partial charge on any atom is -0.465 e. The number of halogens is 1. The second kappa shape index (κ2) is 9.31. The molecule has 1 aromatic carbocycles. The van der Waals surface area contributed by atoms with Crippen molar-refractivity contribution in [3.05, 3.63) is 34.9 Å². The van der Waals surface area contributed by atoms with E-state index in [9.17, 15) is 9.36 Å². The number of ether oxygens (including phenoxy) is 1. The summed E-state index contributed by atoms with van der Waals surface area (Å²) in [7, 11) is -3.60. The minimum absolute atomic E-state index is 0.188. The Bertz CT molecular complexity index is 507. The molecule has 1 atom stereocenters. The third kappa shape index (κ3) is 5.40. The van der Waals surface area contributed by atoms with Gasteiger partial charge in [-0.15, -0.1) is 0 Å². The summed E-state index contributed by atoms with van der Waals surface area (Å²) in [5.74, 6) is -0.581. The van der Waals surface area contributed by atoms with E-state index in [2.05, 4.69) is 0 Å². The number of carbonyl (C=O) groups excluding carboxylic acids is 1. The van der Waals surface area contributed by atoms with Crippen LogP contribution in [0.1, 0.15) is 26.3 Å². The molecule has 0 bridgehead atoms. The lowest BCUT2D eigenvalue weighted by Crippen LogP contribution is -2.28. The molecule has 0 amide bonds. The van der Waals surface area contributed by atoms with Gasteiger partial charge in [-0.3, -0.25) is 9.36 Å². The van der Waals surface area contributed by atoms with Crippen LogP contribution in [0.15, 0.2) is 24.3 Å². The first kappa shape index (κ1) is 19.2. The van der Waals surface area contributed by atoms with E-state index in [-0.39, 0.29) is 26.2 Å². The van der Waals surface area contributed by atoms with Gasteiger partial charge in [-0.1, -0.05) is 23.7 Å². The van der Waals surface area contributed by atoms with Crippen LogP contribution in [0.4, 0.5) is 0 Å². The Hall–Kier alpha value is -0.870. The average molecular weight is 349 g/mol. The van der Waals surface area contributed by atoms with Crippen LogP contribution in [0.25, 0.3) is 0 Å². The van der Waals surface area contributed by atoms with Gasteiger partial charge in [0.1, 0.15) is 0 Å². The van der Waals surface area contributed by atoms with Crippen molar-refractivity contribution in [2.24, 2.45) is 0 Å². The fourth-order valence-corrected chi connectivity index (χ4v) is 4.03. The fourth-order valence-electron chi connectivity index (χ4n) is 1.98. The summed E-state index contributed by atoms with van der Waals surface area (Å²) in [6.07, 6.45) is 0.202. The largest absolute Gasteiger partial charge is 0.465 e. The summed E-state index contributed by atoms with van der Waals surface area (Å²) in [5.41, 5.74) is -0.185. The molecule has 0 saturated heterocycles. The van der Waals surface area contributed by atoms with Gasteiger partial charge in [0, 0.05) is 5.02 Å². The Morgan fingerprint density at radius 3 is 2.09 bits per heavy atom. The molecule has 5 nitrogen and oxygen atoms in total. The van der Waals surface area contributed by atoms with Crippen LogP contribution in [0, 0.1) is 0 Å². The van der Waals surface area contributed by atoms with Gasteiger partial charge in [-0.05, 0) is 44.9 Å². The number of hydrogen-bond donors (Lipinski definition) is 0. The van der Waals surface area contributed by atoms with Crippen molar-refractivity contribution in [3.63, 3.8) is 0 Å². The molecular formula is C15H22ClO5P. The van der Waals surface area contributed by atoms with Gasteiger partial charge in [-0.25, -0.2) is 0 Å². The summed E-state index contributed by atoms with van der Waals surface area (Å²) in [6.45, 7) is 5.69. The molecule has 0 saturated carbocycles. The normalized spacial score (nSPS) is 12.9. The monoisotopic (exact) mass is 348 g/mol. The van der Waals surface area contributed by atoms with Crippen LogP contribution in [-0.2, 0) is 29.6 Å². The predicted octanol–water partition coefficient (Wildman–Crippen LogP) is 4.08. The smallest absolute Gasteiger partial charge is 0.345 e. The Balaban J connectivity index is 3.07. The highest BCUT2D eigenvalue weighted by molar-refractivity contribution is 7.55. The first-order chi connectivity index (χ1) is 10.5. The lowest BCUT2D eigenvalue weighted by molar-refractivity contribution is -0.143. The van der Waals surface area contributed by atoms with Crippen molar-refractivity contribution in [1.29, 1.82) is 0 Å². The maximum Gasteiger partial charge on any atom is 0.345 e. The fraction of sp³-hybridized carbons (Fsp3) is 0.533. The van der Waals surface area contributed by atoms with Crippen molar-refractivity contribution < 1.29 is 23.1 Å². The molecule has 0 radical (unpaired) electrons. The molecule has 1 rings (SSSR count). The highest BCUT2D eigenvalue weighted by atomic mass is 35.5. The van der Waals surface area contributed by atoms with E-state index in [0.29, 0.717) is 5.02 Å². The van der Waals surface area contributed by atoms with Gasteiger partial charge in [-0.2, -0.15) is 0 Å². The molecule has 0 spiro atoms. The zero-order valence-corrected chi connectivity index (χ0v) is 14.7. The lowest BCUT2D eigenvalue weighted by Gasteiger charge is -2.24. The van der Waals surface area contributed by atoms with Crippen molar-refractivity contribution >= 4 is 25.2 Å². The summed E-state index contributed by atoms with van der Waals surface area (Å²) in [4.78, 5) is 12.2. The van der Waals surface area contributed by atoms with Gasteiger partial charge in [0.25, 0.3) is 0 Å². The number of rotatable bonds is 9. The number of esters is 1. The molecule has 0 unspecified atom stereocenters. The van der Waals surface area contributed by atoms with E-state index < -0.39 is 19.2 Å². The Kier molecular flexibility index (Phi) is 8.12. The van der Waals surface area contributed by atoms with Crippen molar-refractivity contribution in [2.75, 3.05) is 19.8 Å². The third-order valence-corrected chi connectivity index (χ3v) is 5.55. The Labute approximate surface area is 136 Å². The average Bonchev–Trinajstić information content (AvgIpc) is 2.47. The summed E-state index contributed by atoms with van der Waals surface area (Å²) >= 11 is 5.85. The molecule has 0 aliphatic rings. The van der Waals surface area contributed by atoms with E-state index in [4.69, 9.17) is 25.4 Å². The summed E-state index contributed by atoms with van der Waals surface area (Å²) in [6, 6.07) is 6.98. The standard InChI is InChI=1S/C15H22ClO5P/c1-4-19-15(17)14(22(18,20-5-2)21-6-3)11-12-7-9-13(16)10-8-12/h7-10,14H,4-6,11H2,1-3H3/t14-/m0/s1. The van der Waals surface area contributed by atoms with Crippen LogP contribution in [-0.4, -0.2) is 31.4 Å². The van der Waals surface area contributed by atoms with Crippen LogP contribution in [0.2, 0.25) is 5.02 Å². The number of carbonyl (C=O) groups is 1. The lowest BCUT2D eigenvalue weighted by atomic mass is 10.1. The van der Waals surface area contributed by atoms with Gasteiger partial charge < -0.3 is 13.8 Å². The van der Waals surface area contributed by atoms with E-state index in [1.807, 2.05) is 0 Å². The number of benzene rings is 1. The third-order valence-electron chi connectivity index (χ3n) is 2.90. The zero-order valence-electron chi connectivity index (χ0n) is 13.1. The first-order valence-electron chi connectivity index (χ1n) is 7.26. The van der Waals surface area contributed by atoms with E-state index in [1.54, 1.807) is 45.0 Å². The van der Waals surface area contributed by atoms with Crippen LogP contribution in [0.5, 0.6) is 0 Å². The van der Waals surface area contributed by atoms with E-state index >= 15 is 0 Å². The number of hydrogen-bond acceptors (Lipinski definition) is 5. The first-order valence-corrected chi connectivity index (χ1v) is 9.25.